The average Bonchev–Trinajstić information content (AvgIpc) is 3.16. The van der Waals surface area contributed by atoms with E-state index in [4.69, 9.17) is 27.0 Å². The van der Waals surface area contributed by atoms with Gasteiger partial charge in [-0.1, -0.05) is 23.4 Å². The van der Waals surface area contributed by atoms with Crippen LogP contribution < -0.4 is 5.56 Å². The van der Waals surface area contributed by atoms with Crippen molar-refractivity contribution < 1.29 is 9.53 Å². The molecule has 1 aromatic carbocycles. The number of nitrogens with zero attached hydrogens (tertiary/aromatic N) is 3. The van der Waals surface area contributed by atoms with Crippen LogP contribution in [-0.2, 0) is 16.1 Å². The number of carbonyl (C=O) groups excluding carboxylic acids is 1. The van der Waals surface area contributed by atoms with E-state index < -0.39 is 5.92 Å². The Bertz CT molecular complexity index is 1020. The molecule has 0 spiro atoms. The van der Waals surface area contributed by atoms with Crippen molar-refractivity contribution in [2.24, 2.45) is 5.92 Å². The van der Waals surface area contributed by atoms with Crippen molar-refractivity contribution in [3.05, 3.63) is 33.6 Å². The van der Waals surface area contributed by atoms with Gasteiger partial charge in [-0.2, -0.15) is 5.26 Å². The van der Waals surface area contributed by atoms with Crippen molar-refractivity contribution in [1.29, 1.82) is 10.7 Å². The lowest BCUT2D eigenvalue weighted by molar-refractivity contribution is -0.117. The summed E-state index contributed by atoms with van der Waals surface area (Å²) >= 11 is 7.12. The molecule has 2 heterocycles. The number of rotatable bonds is 7. The lowest BCUT2D eigenvalue weighted by atomic mass is 10.0. The Morgan fingerprint density at radius 2 is 2.36 bits per heavy atom. The molecule has 0 aliphatic carbocycles. The zero-order valence-electron chi connectivity index (χ0n) is 15.3. The number of hydrogen-bond donors (Lipinski definition) is 1. The van der Waals surface area contributed by atoms with E-state index in [0.717, 1.165) is 24.6 Å². The van der Waals surface area contributed by atoms with Gasteiger partial charge in [-0.25, -0.2) is 4.98 Å². The number of aromatic nitrogens is 2. The standard InChI is InChI=1S/C19H19ClN4O3S/c1-11(22)15(8-21)17(25)10-28-19-23-16-7-12(20)4-5-14(16)18(26)24(19)9-13-3-2-6-27-13/h4-5,7,13,15,22H,2-3,6,9-10H2,1H3/t13-,15?/m1/s1. The van der Waals surface area contributed by atoms with E-state index in [0.29, 0.717) is 34.2 Å². The minimum Gasteiger partial charge on any atom is -0.376 e. The first-order chi connectivity index (χ1) is 13.4. The summed E-state index contributed by atoms with van der Waals surface area (Å²) in [5.41, 5.74) is 0.242. The third kappa shape index (κ3) is 4.43. The lowest BCUT2D eigenvalue weighted by Gasteiger charge is -2.16. The SMILES string of the molecule is CC(=N)C(C#N)C(=O)CSc1nc2cc(Cl)ccc2c(=O)n1C[C@H]1CCCO1. The van der Waals surface area contributed by atoms with Crippen LogP contribution >= 0.6 is 23.4 Å². The molecule has 1 aliphatic heterocycles. The molecule has 7 nitrogen and oxygen atoms in total. The number of nitrogens with one attached hydrogen (secondary N) is 1. The van der Waals surface area contributed by atoms with Gasteiger partial charge in [-0.05, 0) is 38.0 Å². The molecular weight excluding hydrogens is 400 g/mol. The molecule has 9 heteroatoms. The molecular formula is C19H19ClN4O3S. The molecule has 2 aromatic rings. The van der Waals surface area contributed by atoms with E-state index in [1.807, 2.05) is 6.07 Å². The zero-order valence-corrected chi connectivity index (χ0v) is 16.8. The summed E-state index contributed by atoms with van der Waals surface area (Å²) in [5, 5.41) is 18.0. The Balaban J connectivity index is 1.96. The van der Waals surface area contributed by atoms with Gasteiger partial charge in [0.25, 0.3) is 5.56 Å². The van der Waals surface area contributed by atoms with Gasteiger partial charge in [0.2, 0.25) is 0 Å². The fraction of sp³-hybridized carbons (Fsp3) is 0.421. The van der Waals surface area contributed by atoms with Crippen molar-refractivity contribution >= 4 is 45.8 Å². The normalized spacial score (nSPS) is 17.4. The lowest BCUT2D eigenvalue weighted by Crippen LogP contribution is -2.29. The largest absolute Gasteiger partial charge is 0.376 e. The van der Waals surface area contributed by atoms with Crippen molar-refractivity contribution in [2.45, 2.75) is 37.6 Å². The number of fused-ring (bicyclic) bond motifs is 1. The fourth-order valence-electron chi connectivity index (χ4n) is 3.07. The molecule has 0 saturated carbocycles. The molecule has 1 saturated heterocycles. The highest BCUT2D eigenvalue weighted by Gasteiger charge is 2.23. The molecule has 1 N–H and O–H groups in total. The highest BCUT2D eigenvalue weighted by Crippen LogP contribution is 2.23. The summed E-state index contributed by atoms with van der Waals surface area (Å²) in [6.07, 6.45) is 1.73. The molecule has 1 aromatic heterocycles. The molecule has 0 radical (unpaired) electrons. The first-order valence-corrected chi connectivity index (χ1v) is 10.2. The van der Waals surface area contributed by atoms with Crippen LogP contribution in [0.15, 0.2) is 28.2 Å². The van der Waals surface area contributed by atoms with Crippen LogP contribution in [0.5, 0.6) is 0 Å². The van der Waals surface area contributed by atoms with Crippen molar-refractivity contribution in [2.75, 3.05) is 12.4 Å². The number of benzene rings is 1. The van der Waals surface area contributed by atoms with Crippen molar-refractivity contribution in [1.82, 2.24) is 9.55 Å². The molecule has 1 unspecified atom stereocenters. The second-order valence-electron chi connectivity index (χ2n) is 6.61. The highest BCUT2D eigenvalue weighted by atomic mass is 35.5. The number of halogens is 1. The zero-order chi connectivity index (χ0) is 20.3. The van der Waals surface area contributed by atoms with Gasteiger partial charge in [0.05, 0.1) is 35.4 Å². The number of hydrogen-bond acceptors (Lipinski definition) is 7. The summed E-state index contributed by atoms with van der Waals surface area (Å²) in [6.45, 7) is 2.45. The smallest absolute Gasteiger partial charge is 0.262 e. The molecule has 1 aliphatic rings. The van der Waals surface area contributed by atoms with E-state index in [1.54, 1.807) is 18.2 Å². The maximum Gasteiger partial charge on any atom is 0.262 e. The first kappa shape index (κ1) is 20.5. The second-order valence-corrected chi connectivity index (χ2v) is 7.99. The predicted molar refractivity (Wildman–Crippen MR) is 108 cm³/mol. The average molecular weight is 419 g/mol. The Kier molecular flexibility index (Phi) is 6.50. The third-order valence-corrected chi connectivity index (χ3v) is 5.75. The van der Waals surface area contributed by atoms with Gasteiger partial charge in [0.1, 0.15) is 5.92 Å². The number of ketones is 1. The molecule has 28 heavy (non-hydrogen) atoms. The van der Waals surface area contributed by atoms with Gasteiger partial charge in [0.15, 0.2) is 10.9 Å². The van der Waals surface area contributed by atoms with Crippen molar-refractivity contribution in [3.8, 4) is 6.07 Å². The Morgan fingerprint density at radius 1 is 1.57 bits per heavy atom. The van der Waals surface area contributed by atoms with E-state index in [1.165, 1.54) is 11.5 Å². The first-order valence-electron chi connectivity index (χ1n) is 8.82. The summed E-state index contributed by atoms with van der Waals surface area (Å²) in [5.74, 6) is -1.52. The van der Waals surface area contributed by atoms with E-state index in [-0.39, 0.29) is 28.9 Å². The van der Waals surface area contributed by atoms with Crippen LogP contribution in [0, 0.1) is 22.7 Å². The van der Waals surface area contributed by atoms with Crippen LogP contribution in [0.1, 0.15) is 19.8 Å². The molecule has 0 bridgehead atoms. The quantitative estimate of drug-likeness (QED) is 0.420. The van der Waals surface area contributed by atoms with Crippen molar-refractivity contribution in [3.63, 3.8) is 0 Å². The van der Waals surface area contributed by atoms with Gasteiger partial charge in [-0.3, -0.25) is 14.2 Å². The predicted octanol–water partition coefficient (Wildman–Crippen LogP) is 3.07. The number of thioether (sulfide) groups is 1. The van der Waals surface area contributed by atoms with Crippen LogP contribution in [0.2, 0.25) is 5.02 Å². The minimum absolute atomic E-state index is 0.00287. The van der Waals surface area contributed by atoms with E-state index in [2.05, 4.69) is 4.98 Å². The van der Waals surface area contributed by atoms with E-state index >= 15 is 0 Å². The molecule has 2 atom stereocenters. The summed E-state index contributed by atoms with van der Waals surface area (Å²) < 4.78 is 7.19. The molecule has 146 valence electrons. The van der Waals surface area contributed by atoms with Gasteiger partial charge >= 0.3 is 0 Å². The maximum absolute atomic E-state index is 13.0. The second kappa shape index (κ2) is 8.86. The van der Waals surface area contributed by atoms with Crippen LogP contribution in [-0.4, -0.2) is 39.5 Å². The summed E-state index contributed by atoms with van der Waals surface area (Å²) in [6, 6.07) is 6.74. The van der Waals surface area contributed by atoms with Crippen LogP contribution in [0.25, 0.3) is 10.9 Å². The number of carbonyl (C=O) groups is 1. The molecule has 3 rings (SSSR count). The van der Waals surface area contributed by atoms with E-state index in [9.17, 15) is 9.59 Å². The summed E-state index contributed by atoms with van der Waals surface area (Å²) in [4.78, 5) is 29.9. The van der Waals surface area contributed by atoms with Gasteiger partial charge in [0, 0.05) is 17.3 Å². The number of Topliss-reactive ketones (excluding diaryl/α,β-unsaturated/α-hetero) is 1. The third-order valence-electron chi connectivity index (χ3n) is 4.52. The number of nitriles is 1. The topological polar surface area (TPSA) is 109 Å². The Labute approximate surface area is 171 Å². The molecule has 0 amide bonds. The Morgan fingerprint density at radius 3 is 3.00 bits per heavy atom. The van der Waals surface area contributed by atoms with Crippen LogP contribution in [0.4, 0.5) is 0 Å². The molecule has 1 fully saturated rings. The summed E-state index contributed by atoms with van der Waals surface area (Å²) in [7, 11) is 0. The highest BCUT2D eigenvalue weighted by molar-refractivity contribution is 7.99. The minimum atomic E-state index is -1.08. The fourth-order valence-corrected chi connectivity index (χ4v) is 4.15. The Hall–Kier alpha value is -2.21. The van der Waals surface area contributed by atoms with Gasteiger partial charge in [-0.15, -0.1) is 0 Å². The number of ether oxygens (including phenoxy) is 1. The van der Waals surface area contributed by atoms with Gasteiger partial charge < -0.3 is 10.1 Å². The monoisotopic (exact) mass is 418 g/mol. The maximum atomic E-state index is 13.0. The van der Waals surface area contributed by atoms with Crippen LogP contribution in [0.3, 0.4) is 0 Å².